The Kier molecular flexibility index (Phi) is 4.93. The van der Waals surface area contributed by atoms with Gasteiger partial charge in [-0.2, -0.15) is 0 Å². The molecule has 120 valence electrons. The number of ether oxygens (including phenoxy) is 2. The highest BCUT2D eigenvalue weighted by atomic mass is 16.5. The summed E-state index contributed by atoms with van der Waals surface area (Å²) >= 11 is 0. The fourth-order valence-corrected chi connectivity index (χ4v) is 2.60. The lowest BCUT2D eigenvalue weighted by molar-refractivity contribution is 0.0858. The van der Waals surface area contributed by atoms with Gasteiger partial charge in [0.2, 0.25) is 0 Å². The van der Waals surface area contributed by atoms with Crippen molar-refractivity contribution < 1.29 is 14.3 Å². The molecule has 1 aliphatic rings. The lowest BCUT2D eigenvalue weighted by Gasteiger charge is -2.11. The molecule has 1 N–H and O–H groups in total. The molecule has 1 atom stereocenters. The number of carbonyl (C=O) groups is 1. The summed E-state index contributed by atoms with van der Waals surface area (Å²) in [6, 6.07) is 15.0. The second-order valence-electron chi connectivity index (χ2n) is 5.79. The van der Waals surface area contributed by atoms with Gasteiger partial charge in [0.05, 0.1) is 6.10 Å². The van der Waals surface area contributed by atoms with Crippen molar-refractivity contribution >= 4 is 5.91 Å². The first kappa shape index (κ1) is 15.6. The Bertz CT molecular complexity index is 661. The highest BCUT2D eigenvalue weighted by Gasteiger charge is 2.16. The van der Waals surface area contributed by atoms with Crippen molar-refractivity contribution in [2.24, 2.45) is 0 Å². The number of nitrogens with one attached hydrogen (secondary N) is 1. The number of aryl methyl sites for hydroxylation is 1. The van der Waals surface area contributed by atoms with Gasteiger partial charge in [-0.05, 0) is 61.7 Å². The molecule has 2 aromatic rings. The van der Waals surface area contributed by atoms with Crippen LogP contribution < -0.4 is 10.1 Å². The Morgan fingerprint density at radius 3 is 2.74 bits per heavy atom. The van der Waals surface area contributed by atoms with Crippen molar-refractivity contribution in [3.05, 3.63) is 59.7 Å². The van der Waals surface area contributed by atoms with E-state index in [1.165, 1.54) is 0 Å². The minimum atomic E-state index is -0.0809. The molecule has 1 aliphatic heterocycles. The van der Waals surface area contributed by atoms with Crippen LogP contribution >= 0.6 is 0 Å². The standard InChI is InChI=1S/C19H21NO3/c1-14-4-2-5-17(12-14)23-16-9-7-15(8-10-16)19(21)20-13-18-6-3-11-22-18/h2,4-5,7-10,12,18H,3,6,11,13H2,1H3,(H,20,21). The average Bonchev–Trinajstić information content (AvgIpc) is 3.07. The summed E-state index contributed by atoms with van der Waals surface area (Å²) in [5, 5.41) is 2.91. The number of carbonyl (C=O) groups excluding carboxylic acids is 1. The Morgan fingerprint density at radius 1 is 1.22 bits per heavy atom. The maximum Gasteiger partial charge on any atom is 0.251 e. The van der Waals surface area contributed by atoms with Gasteiger partial charge in [-0.3, -0.25) is 4.79 Å². The van der Waals surface area contributed by atoms with E-state index in [0.29, 0.717) is 17.9 Å². The third-order valence-corrected chi connectivity index (χ3v) is 3.86. The van der Waals surface area contributed by atoms with Gasteiger partial charge in [-0.15, -0.1) is 0 Å². The summed E-state index contributed by atoms with van der Waals surface area (Å²) in [6.45, 7) is 3.39. The largest absolute Gasteiger partial charge is 0.457 e. The highest BCUT2D eigenvalue weighted by molar-refractivity contribution is 5.94. The minimum absolute atomic E-state index is 0.0809. The SMILES string of the molecule is Cc1cccc(Oc2ccc(C(=O)NCC3CCCO3)cc2)c1. The monoisotopic (exact) mass is 311 g/mol. The quantitative estimate of drug-likeness (QED) is 0.916. The van der Waals surface area contributed by atoms with E-state index in [1.54, 1.807) is 12.1 Å². The molecule has 23 heavy (non-hydrogen) atoms. The van der Waals surface area contributed by atoms with E-state index in [2.05, 4.69) is 5.32 Å². The van der Waals surface area contributed by atoms with Gasteiger partial charge in [-0.25, -0.2) is 0 Å². The van der Waals surface area contributed by atoms with Gasteiger partial charge in [-0.1, -0.05) is 12.1 Å². The molecule has 1 fully saturated rings. The first-order valence-electron chi connectivity index (χ1n) is 7.95. The van der Waals surface area contributed by atoms with Crippen molar-refractivity contribution in [2.45, 2.75) is 25.9 Å². The van der Waals surface area contributed by atoms with Crippen molar-refractivity contribution in [3.8, 4) is 11.5 Å². The second kappa shape index (κ2) is 7.29. The van der Waals surface area contributed by atoms with E-state index in [4.69, 9.17) is 9.47 Å². The molecular formula is C19H21NO3. The normalized spacial score (nSPS) is 17.0. The summed E-state index contributed by atoms with van der Waals surface area (Å²) in [7, 11) is 0. The van der Waals surface area contributed by atoms with Crippen LogP contribution in [-0.4, -0.2) is 25.2 Å². The molecule has 0 aliphatic carbocycles. The predicted molar refractivity (Wildman–Crippen MR) is 89.0 cm³/mol. The maximum absolute atomic E-state index is 12.1. The number of amides is 1. The zero-order valence-electron chi connectivity index (χ0n) is 13.2. The first-order valence-corrected chi connectivity index (χ1v) is 7.95. The van der Waals surface area contributed by atoms with Gasteiger partial charge < -0.3 is 14.8 Å². The molecule has 2 aromatic carbocycles. The van der Waals surface area contributed by atoms with Crippen molar-refractivity contribution in [3.63, 3.8) is 0 Å². The van der Waals surface area contributed by atoms with Crippen LogP contribution in [0, 0.1) is 6.92 Å². The van der Waals surface area contributed by atoms with E-state index in [0.717, 1.165) is 30.8 Å². The summed E-state index contributed by atoms with van der Waals surface area (Å²) in [5.41, 5.74) is 1.77. The molecule has 1 amide bonds. The van der Waals surface area contributed by atoms with Crippen LogP contribution in [0.3, 0.4) is 0 Å². The molecular weight excluding hydrogens is 290 g/mol. The molecule has 3 rings (SSSR count). The van der Waals surface area contributed by atoms with Gasteiger partial charge in [0.1, 0.15) is 11.5 Å². The zero-order chi connectivity index (χ0) is 16.1. The Labute approximate surface area is 136 Å². The van der Waals surface area contributed by atoms with Crippen LogP contribution in [0.15, 0.2) is 48.5 Å². The van der Waals surface area contributed by atoms with Crippen LogP contribution in [0.1, 0.15) is 28.8 Å². The molecule has 1 unspecified atom stereocenters. The average molecular weight is 311 g/mol. The fraction of sp³-hybridized carbons (Fsp3) is 0.316. The number of benzene rings is 2. The second-order valence-corrected chi connectivity index (χ2v) is 5.79. The Hall–Kier alpha value is -2.33. The topological polar surface area (TPSA) is 47.6 Å². The van der Waals surface area contributed by atoms with E-state index >= 15 is 0 Å². The Morgan fingerprint density at radius 2 is 2.04 bits per heavy atom. The van der Waals surface area contributed by atoms with Gasteiger partial charge in [0.15, 0.2) is 0 Å². The molecule has 4 heteroatoms. The van der Waals surface area contributed by atoms with Crippen LogP contribution in [0.5, 0.6) is 11.5 Å². The summed E-state index contributed by atoms with van der Waals surface area (Å²) in [6.07, 6.45) is 2.25. The smallest absolute Gasteiger partial charge is 0.251 e. The molecule has 0 radical (unpaired) electrons. The summed E-state index contributed by atoms with van der Waals surface area (Å²) in [4.78, 5) is 12.1. The number of hydrogen-bond donors (Lipinski definition) is 1. The van der Waals surface area contributed by atoms with Crippen LogP contribution in [0.4, 0.5) is 0 Å². The van der Waals surface area contributed by atoms with Crippen molar-refractivity contribution in [1.29, 1.82) is 0 Å². The fourth-order valence-electron chi connectivity index (χ4n) is 2.60. The lowest BCUT2D eigenvalue weighted by atomic mass is 10.2. The minimum Gasteiger partial charge on any atom is -0.457 e. The Balaban J connectivity index is 1.56. The van der Waals surface area contributed by atoms with Crippen molar-refractivity contribution in [2.75, 3.05) is 13.2 Å². The molecule has 0 bridgehead atoms. The molecule has 0 aromatic heterocycles. The van der Waals surface area contributed by atoms with Gasteiger partial charge >= 0.3 is 0 Å². The van der Waals surface area contributed by atoms with Crippen LogP contribution in [0.25, 0.3) is 0 Å². The molecule has 1 heterocycles. The van der Waals surface area contributed by atoms with E-state index in [1.807, 2.05) is 43.3 Å². The summed E-state index contributed by atoms with van der Waals surface area (Å²) in [5.74, 6) is 1.43. The number of rotatable bonds is 5. The predicted octanol–water partition coefficient (Wildman–Crippen LogP) is 3.70. The third kappa shape index (κ3) is 4.33. The zero-order valence-corrected chi connectivity index (χ0v) is 13.2. The molecule has 1 saturated heterocycles. The van der Waals surface area contributed by atoms with E-state index < -0.39 is 0 Å². The highest BCUT2D eigenvalue weighted by Crippen LogP contribution is 2.22. The third-order valence-electron chi connectivity index (χ3n) is 3.86. The lowest BCUT2D eigenvalue weighted by Crippen LogP contribution is -2.31. The van der Waals surface area contributed by atoms with E-state index in [9.17, 15) is 4.79 Å². The van der Waals surface area contributed by atoms with Crippen molar-refractivity contribution in [1.82, 2.24) is 5.32 Å². The number of hydrogen-bond acceptors (Lipinski definition) is 3. The van der Waals surface area contributed by atoms with Crippen LogP contribution in [-0.2, 0) is 4.74 Å². The summed E-state index contributed by atoms with van der Waals surface area (Å²) < 4.78 is 11.3. The maximum atomic E-state index is 12.1. The molecule has 4 nitrogen and oxygen atoms in total. The van der Waals surface area contributed by atoms with Gasteiger partial charge in [0.25, 0.3) is 5.91 Å². The molecule has 0 saturated carbocycles. The van der Waals surface area contributed by atoms with Crippen LogP contribution in [0.2, 0.25) is 0 Å². The van der Waals surface area contributed by atoms with Gasteiger partial charge in [0, 0.05) is 18.7 Å². The first-order chi connectivity index (χ1) is 11.2. The molecule has 0 spiro atoms. The van der Waals surface area contributed by atoms with E-state index in [-0.39, 0.29) is 12.0 Å².